The first kappa shape index (κ1) is 17.3. The molecule has 0 aliphatic carbocycles. The van der Waals surface area contributed by atoms with Gasteiger partial charge < -0.3 is 15.1 Å². The summed E-state index contributed by atoms with van der Waals surface area (Å²) < 4.78 is 0. The Morgan fingerprint density at radius 3 is 2.77 bits per heavy atom. The van der Waals surface area contributed by atoms with Gasteiger partial charge in [0.2, 0.25) is 0 Å². The van der Waals surface area contributed by atoms with E-state index in [2.05, 4.69) is 26.2 Å². The van der Waals surface area contributed by atoms with E-state index < -0.39 is 0 Å². The lowest BCUT2D eigenvalue weighted by molar-refractivity contribution is 0.127. The lowest BCUT2D eigenvalue weighted by Gasteiger charge is -2.37. The van der Waals surface area contributed by atoms with Crippen molar-refractivity contribution in [1.29, 1.82) is 0 Å². The number of amides is 2. The molecule has 2 aromatic rings. The highest BCUT2D eigenvalue weighted by atomic mass is 16.2. The maximum Gasteiger partial charge on any atom is 0.317 e. The van der Waals surface area contributed by atoms with E-state index in [0.29, 0.717) is 12.6 Å². The summed E-state index contributed by atoms with van der Waals surface area (Å²) in [6.45, 7) is 4.84. The molecule has 1 unspecified atom stereocenters. The summed E-state index contributed by atoms with van der Waals surface area (Å²) in [6.07, 6.45) is 7.89. The molecule has 2 aliphatic heterocycles. The van der Waals surface area contributed by atoms with Crippen LogP contribution in [0.5, 0.6) is 0 Å². The van der Waals surface area contributed by atoms with Crippen molar-refractivity contribution < 1.29 is 4.79 Å². The first-order valence-corrected chi connectivity index (χ1v) is 9.91. The molecule has 4 rings (SSSR count). The maximum atomic E-state index is 12.9. The molecule has 0 spiro atoms. The summed E-state index contributed by atoms with van der Waals surface area (Å²) in [5.74, 6) is 0. The molecular weight excluding hydrogens is 324 g/mol. The SMILES string of the molecule is O=C(NCc1ccnc2ccccc12)N1CCCCC1CN1CCCC1. The minimum atomic E-state index is 0.0785. The van der Waals surface area contributed by atoms with Crippen molar-refractivity contribution in [3.05, 3.63) is 42.1 Å². The standard InChI is InChI=1S/C21H28N4O/c26-21(23-15-17-10-11-22-20-9-2-1-8-19(17)20)25-14-4-3-7-18(25)16-24-12-5-6-13-24/h1-2,8-11,18H,3-7,12-16H2,(H,23,26). The van der Waals surface area contributed by atoms with Gasteiger partial charge >= 0.3 is 6.03 Å². The van der Waals surface area contributed by atoms with Gasteiger partial charge in [-0.25, -0.2) is 4.79 Å². The van der Waals surface area contributed by atoms with E-state index in [4.69, 9.17) is 0 Å². The minimum Gasteiger partial charge on any atom is -0.334 e. The molecule has 2 aliphatic rings. The van der Waals surface area contributed by atoms with E-state index in [1.807, 2.05) is 30.5 Å². The molecule has 1 aromatic carbocycles. The average molecular weight is 352 g/mol. The van der Waals surface area contributed by atoms with Gasteiger partial charge in [-0.1, -0.05) is 18.2 Å². The van der Waals surface area contributed by atoms with Crippen LogP contribution in [0.15, 0.2) is 36.5 Å². The molecule has 0 bridgehead atoms. The number of rotatable bonds is 4. The Bertz CT molecular complexity index is 751. The van der Waals surface area contributed by atoms with Crippen LogP contribution >= 0.6 is 0 Å². The van der Waals surface area contributed by atoms with Crippen molar-refractivity contribution in [2.24, 2.45) is 0 Å². The molecule has 1 atom stereocenters. The quantitative estimate of drug-likeness (QED) is 0.917. The monoisotopic (exact) mass is 352 g/mol. The highest BCUT2D eigenvalue weighted by Crippen LogP contribution is 2.21. The largest absolute Gasteiger partial charge is 0.334 e. The zero-order valence-electron chi connectivity index (χ0n) is 15.4. The first-order valence-electron chi connectivity index (χ1n) is 9.91. The number of urea groups is 1. The first-order chi connectivity index (χ1) is 12.8. The van der Waals surface area contributed by atoms with Gasteiger partial charge in [-0.15, -0.1) is 0 Å². The Balaban J connectivity index is 1.41. The Labute approximate surface area is 155 Å². The second-order valence-electron chi connectivity index (χ2n) is 7.50. The number of pyridine rings is 1. The van der Waals surface area contributed by atoms with E-state index in [9.17, 15) is 4.79 Å². The Kier molecular flexibility index (Phi) is 5.34. The van der Waals surface area contributed by atoms with Crippen LogP contribution in [-0.4, -0.2) is 53.0 Å². The van der Waals surface area contributed by atoms with Crippen LogP contribution in [0.25, 0.3) is 10.9 Å². The number of nitrogens with one attached hydrogen (secondary N) is 1. The number of aromatic nitrogens is 1. The molecule has 138 valence electrons. The number of fused-ring (bicyclic) bond motifs is 1. The van der Waals surface area contributed by atoms with E-state index >= 15 is 0 Å². The van der Waals surface area contributed by atoms with Crippen LogP contribution in [-0.2, 0) is 6.54 Å². The van der Waals surface area contributed by atoms with Gasteiger partial charge in [0.05, 0.1) is 5.52 Å². The third-order valence-electron chi connectivity index (χ3n) is 5.73. The Morgan fingerprint density at radius 2 is 1.88 bits per heavy atom. The molecule has 0 saturated carbocycles. The fraction of sp³-hybridized carbons (Fsp3) is 0.524. The molecule has 1 N–H and O–H groups in total. The molecule has 0 radical (unpaired) electrons. The van der Waals surface area contributed by atoms with Crippen molar-refractivity contribution >= 4 is 16.9 Å². The van der Waals surface area contributed by atoms with Gasteiger partial charge in [-0.2, -0.15) is 0 Å². The fourth-order valence-corrected chi connectivity index (χ4v) is 4.30. The second kappa shape index (κ2) is 8.04. The average Bonchev–Trinajstić information content (AvgIpc) is 3.19. The molecule has 3 heterocycles. The van der Waals surface area contributed by atoms with Crippen LogP contribution in [0.3, 0.4) is 0 Å². The van der Waals surface area contributed by atoms with Gasteiger partial charge in [-0.3, -0.25) is 4.98 Å². The minimum absolute atomic E-state index is 0.0785. The topological polar surface area (TPSA) is 48.5 Å². The maximum absolute atomic E-state index is 12.9. The third-order valence-corrected chi connectivity index (χ3v) is 5.73. The summed E-state index contributed by atoms with van der Waals surface area (Å²) in [5.41, 5.74) is 2.10. The van der Waals surface area contributed by atoms with E-state index in [0.717, 1.165) is 42.4 Å². The van der Waals surface area contributed by atoms with E-state index in [1.54, 1.807) is 0 Å². The predicted octanol–water partition coefficient (Wildman–Crippen LogP) is 3.39. The normalized spacial score (nSPS) is 21.2. The summed E-state index contributed by atoms with van der Waals surface area (Å²) >= 11 is 0. The van der Waals surface area contributed by atoms with E-state index in [1.165, 1.54) is 32.4 Å². The molecule has 2 amide bonds. The zero-order valence-corrected chi connectivity index (χ0v) is 15.4. The van der Waals surface area contributed by atoms with Crippen molar-refractivity contribution in [2.75, 3.05) is 26.2 Å². The van der Waals surface area contributed by atoms with Gasteiger partial charge in [0.25, 0.3) is 0 Å². The fourth-order valence-electron chi connectivity index (χ4n) is 4.30. The summed E-state index contributed by atoms with van der Waals surface area (Å²) in [4.78, 5) is 21.9. The molecule has 1 aromatic heterocycles. The number of piperidine rings is 1. The van der Waals surface area contributed by atoms with Gasteiger partial charge in [0, 0.05) is 37.3 Å². The number of para-hydroxylation sites is 1. The van der Waals surface area contributed by atoms with Crippen molar-refractivity contribution in [3.8, 4) is 0 Å². The predicted molar refractivity (Wildman–Crippen MR) is 104 cm³/mol. The lowest BCUT2D eigenvalue weighted by Crippen LogP contribution is -2.52. The van der Waals surface area contributed by atoms with Crippen LogP contribution in [0, 0.1) is 0 Å². The number of carbonyl (C=O) groups excluding carboxylic acids is 1. The van der Waals surface area contributed by atoms with Crippen LogP contribution in [0.1, 0.15) is 37.7 Å². The van der Waals surface area contributed by atoms with Crippen molar-refractivity contribution in [2.45, 2.75) is 44.7 Å². The molecule has 5 heteroatoms. The van der Waals surface area contributed by atoms with Crippen LogP contribution < -0.4 is 5.32 Å². The molecule has 2 saturated heterocycles. The van der Waals surface area contributed by atoms with Crippen molar-refractivity contribution in [3.63, 3.8) is 0 Å². The number of carbonyl (C=O) groups is 1. The molecule has 5 nitrogen and oxygen atoms in total. The Morgan fingerprint density at radius 1 is 1.08 bits per heavy atom. The van der Waals surface area contributed by atoms with Crippen LogP contribution in [0.2, 0.25) is 0 Å². The smallest absolute Gasteiger partial charge is 0.317 e. The zero-order chi connectivity index (χ0) is 17.8. The molecular formula is C21H28N4O. The Hall–Kier alpha value is -2.14. The number of hydrogen-bond donors (Lipinski definition) is 1. The number of nitrogens with zero attached hydrogens (tertiary/aromatic N) is 3. The molecule has 2 fully saturated rings. The van der Waals surface area contributed by atoms with Gasteiger partial charge in [-0.05, 0) is 62.9 Å². The number of benzene rings is 1. The number of hydrogen-bond acceptors (Lipinski definition) is 3. The summed E-state index contributed by atoms with van der Waals surface area (Å²) in [5, 5.41) is 4.27. The third kappa shape index (κ3) is 3.83. The highest BCUT2D eigenvalue weighted by Gasteiger charge is 2.28. The van der Waals surface area contributed by atoms with E-state index in [-0.39, 0.29) is 6.03 Å². The lowest BCUT2D eigenvalue weighted by atomic mass is 10.0. The van der Waals surface area contributed by atoms with Gasteiger partial charge in [0.1, 0.15) is 0 Å². The molecule has 26 heavy (non-hydrogen) atoms. The van der Waals surface area contributed by atoms with Gasteiger partial charge in [0.15, 0.2) is 0 Å². The van der Waals surface area contributed by atoms with Crippen molar-refractivity contribution in [1.82, 2.24) is 20.1 Å². The van der Waals surface area contributed by atoms with Crippen LogP contribution in [0.4, 0.5) is 4.79 Å². The number of likely N-dealkylation sites (tertiary alicyclic amines) is 2. The highest BCUT2D eigenvalue weighted by molar-refractivity contribution is 5.82. The summed E-state index contributed by atoms with van der Waals surface area (Å²) in [6, 6.07) is 10.5. The second-order valence-corrected chi connectivity index (χ2v) is 7.50. The summed E-state index contributed by atoms with van der Waals surface area (Å²) in [7, 11) is 0.